The highest BCUT2D eigenvalue weighted by atomic mass is 16.6. The van der Waals surface area contributed by atoms with Gasteiger partial charge in [-0.2, -0.15) is 0 Å². The SMILES string of the molecule is COc1ccccc1CC(=O)N1CCc2ncc([N+](=O)[O-])cc2C1. The van der Waals surface area contributed by atoms with Crippen LogP contribution < -0.4 is 4.74 Å². The number of para-hydroxylation sites is 1. The number of fused-ring (bicyclic) bond motifs is 1. The third-order valence-corrected chi connectivity index (χ3v) is 4.12. The van der Waals surface area contributed by atoms with Gasteiger partial charge in [0.05, 0.1) is 18.5 Å². The topological polar surface area (TPSA) is 85.6 Å². The summed E-state index contributed by atoms with van der Waals surface area (Å²) in [5.41, 5.74) is 2.34. The molecule has 124 valence electrons. The number of hydrogen-bond donors (Lipinski definition) is 0. The average molecular weight is 327 g/mol. The normalized spacial score (nSPS) is 13.3. The fraction of sp³-hybridized carbons (Fsp3) is 0.294. The number of benzene rings is 1. The van der Waals surface area contributed by atoms with E-state index in [1.165, 1.54) is 12.3 Å². The van der Waals surface area contributed by atoms with Gasteiger partial charge in [-0.15, -0.1) is 0 Å². The van der Waals surface area contributed by atoms with Crippen molar-refractivity contribution >= 4 is 11.6 Å². The number of carbonyl (C=O) groups excluding carboxylic acids is 1. The summed E-state index contributed by atoms with van der Waals surface area (Å²) in [6.45, 7) is 0.907. The summed E-state index contributed by atoms with van der Waals surface area (Å²) in [4.78, 5) is 28.9. The van der Waals surface area contributed by atoms with E-state index < -0.39 is 4.92 Å². The Morgan fingerprint density at radius 2 is 2.21 bits per heavy atom. The minimum Gasteiger partial charge on any atom is -0.496 e. The Kier molecular flexibility index (Phi) is 4.41. The molecule has 0 atom stereocenters. The van der Waals surface area contributed by atoms with Crippen LogP contribution in [0.4, 0.5) is 5.69 Å². The lowest BCUT2D eigenvalue weighted by atomic mass is 10.0. The molecule has 0 bridgehead atoms. The fourth-order valence-electron chi connectivity index (χ4n) is 2.85. The zero-order valence-electron chi connectivity index (χ0n) is 13.3. The molecule has 0 fully saturated rings. The maximum absolute atomic E-state index is 12.6. The minimum atomic E-state index is -0.469. The monoisotopic (exact) mass is 327 g/mol. The van der Waals surface area contributed by atoms with Crippen LogP contribution in [0, 0.1) is 10.1 Å². The molecule has 1 aliphatic heterocycles. The van der Waals surface area contributed by atoms with Gasteiger partial charge in [0.25, 0.3) is 5.69 Å². The average Bonchev–Trinajstić information content (AvgIpc) is 2.61. The third-order valence-electron chi connectivity index (χ3n) is 4.12. The first-order valence-electron chi connectivity index (χ1n) is 7.60. The number of methoxy groups -OCH3 is 1. The molecule has 7 nitrogen and oxygen atoms in total. The number of amides is 1. The van der Waals surface area contributed by atoms with E-state index in [1.54, 1.807) is 12.0 Å². The Hall–Kier alpha value is -2.96. The van der Waals surface area contributed by atoms with Crippen molar-refractivity contribution < 1.29 is 14.5 Å². The lowest BCUT2D eigenvalue weighted by molar-refractivity contribution is -0.385. The zero-order valence-corrected chi connectivity index (χ0v) is 13.3. The van der Waals surface area contributed by atoms with E-state index >= 15 is 0 Å². The van der Waals surface area contributed by atoms with Gasteiger partial charge in [0.15, 0.2) is 0 Å². The van der Waals surface area contributed by atoms with Crippen LogP contribution in [0.2, 0.25) is 0 Å². The van der Waals surface area contributed by atoms with Gasteiger partial charge in [-0.3, -0.25) is 19.9 Å². The van der Waals surface area contributed by atoms with E-state index in [0.29, 0.717) is 25.3 Å². The van der Waals surface area contributed by atoms with Gasteiger partial charge >= 0.3 is 0 Å². The summed E-state index contributed by atoms with van der Waals surface area (Å²) < 4.78 is 5.28. The Morgan fingerprint density at radius 3 is 2.96 bits per heavy atom. The number of rotatable bonds is 4. The molecule has 1 aromatic heterocycles. The van der Waals surface area contributed by atoms with Crippen LogP contribution in [0.3, 0.4) is 0 Å². The van der Waals surface area contributed by atoms with Crippen LogP contribution in [0.15, 0.2) is 36.5 Å². The molecule has 0 spiro atoms. The Balaban J connectivity index is 1.76. The summed E-state index contributed by atoms with van der Waals surface area (Å²) in [7, 11) is 1.57. The summed E-state index contributed by atoms with van der Waals surface area (Å²) in [5.74, 6) is 0.650. The highest BCUT2D eigenvalue weighted by molar-refractivity contribution is 5.79. The largest absolute Gasteiger partial charge is 0.496 e. The Morgan fingerprint density at radius 1 is 1.42 bits per heavy atom. The molecular formula is C17H17N3O4. The van der Waals surface area contributed by atoms with Crippen molar-refractivity contribution in [3.05, 3.63) is 63.5 Å². The maximum atomic E-state index is 12.6. The predicted octanol–water partition coefficient (Wildman–Crippen LogP) is 2.13. The summed E-state index contributed by atoms with van der Waals surface area (Å²) in [6.07, 6.45) is 2.11. The molecule has 1 amide bonds. The lowest BCUT2D eigenvalue weighted by Gasteiger charge is -2.28. The molecule has 2 heterocycles. The second kappa shape index (κ2) is 6.66. The van der Waals surface area contributed by atoms with Crippen LogP contribution >= 0.6 is 0 Å². The van der Waals surface area contributed by atoms with E-state index in [4.69, 9.17) is 4.74 Å². The second-order valence-electron chi connectivity index (χ2n) is 5.61. The predicted molar refractivity (Wildman–Crippen MR) is 86.7 cm³/mol. The van der Waals surface area contributed by atoms with Gasteiger partial charge in [-0.25, -0.2) is 0 Å². The molecule has 7 heteroatoms. The van der Waals surface area contributed by atoms with E-state index in [9.17, 15) is 14.9 Å². The molecule has 0 saturated heterocycles. The molecule has 1 aromatic carbocycles. The van der Waals surface area contributed by atoms with Crippen molar-refractivity contribution in [2.75, 3.05) is 13.7 Å². The van der Waals surface area contributed by atoms with Gasteiger partial charge in [-0.05, 0) is 11.6 Å². The standard InChI is InChI=1S/C17H17N3O4/c1-24-16-5-3-2-4-12(16)9-17(21)19-7-6-15-13(11-19)8-14(10-18-15)20(22)23/h2-5,8,10H,6-7,9,11H2,1H3. The fourth-order valence-corrected chi connectivity index (χ4v) is 2.85. The van der Waals surface area contributed by atoms with Crippen molar-refractivity contribution in [2.45, 2.75) is 19.4 Å². The molecule has 0 radical (unpaired) electrons. The molecule has 0 saturated carbocycles. The van der Waals surface area contributed by atoms with Crippen molar-refractivity contribution in [3.8, 4) is 5.75 Å². The van der Waals surface area contributed by atoms with E-state index in [-0.39, 0.29) is 18.0 Å². The second-order valence-corrected chi connectivity index (χ2v) is 5.61. The van der Waals surface area contributed by atoms with Crippen LogP contribution in [0.1, 0.15) is 16.8 Å². The molecular weight excluding hydrogens is 310 g/mol. The quantitative estimate of drug-likeness (QED) is 0.634. The van der Waals surface area contributed by atoms with Crippen LogP contribution in [-0.4, -0.2) is 34.4 Å². The van der Waals surface area contributed by atoms with Crippen molar-refractivity contribution in [3.63, 3.8) is 0 Å². The summed E-state index contributed by atoms with van der Waals surface area (Å²) in [6, 6.07) is 8.91. The van der Waals surface area contributed by atoms with E-state index in [0.717, 1.165) is 16.8 Å². The first kappa shape index (κ1) is 15.9. The van der Waals surface area contributed by atoms with Crippen molar-refractivity contribution in [1.82, 2.24) is 9.88 Å². The highest BCUT2D eigenvalue weighted by Crippen LogP contribution is 2.23. The molecule has 2 aromatic rings. The number of hydrogen-bond acceptors (Lipinski definition) is 5. The maximum Gasteiger partial charge on any atom is 0.287 e. The van der Waals surface area contributed by atoms with Gasteiger partial charge in [0, 0.05) is 36.8 Å². The van der Waals surface area contributed by atoms with Gasteiger partial charge < -0.3 is 9.64 Å². The number of pyridine rings is 1. The first-order valence-corrected chi connectivity index (χ1v) is 7.60. The smallest absolute Gasteiger partial charge is 0.287 e. The van der Waals surface area contributed by atoms with E-state index in [1.807, 2.05) is 24.3 Å². The third kappa shape index (κ3) is 3.19. The Labute approximate surface area is 139 Å². The number of nitro groups is 1. The molecule has 0 N–H and O–H groups in total. The number of carbonyl (C=O) groups is 1. The van der Waals surface area contributed by atoms with Crippen LogP contribution in [-0.2, 0) is 24.2 Å². The van der Waals surface area contributed by atoms with E-state index in [2.05, 4.69) is 4.98 Å². The van der Waals surface area contributed by atoms with Gasteiger partial charge in [-0.1, -0.05) is 18.2 Å². The number of ether oxygens (including phenoxy) is 1. The number of nitrogens with zero attached hydrogens (tertiary/aromatic N) is 3. The summed E-state index contributed by atoms with van der Waals surface area (Å²) >= 11 is 0. The number of aromatic nitrogens is 1. The molecule has 1 aliphatic rings. The van der Waals surface area contributed by atoms with Gasteiger partial charge in [0.2, 0.25) is 5.91 Å². The highest BCUT2D eigenvalue weighted by Gasteiger charge is 2.24. The molecule has 24 heavy (non-hydrogen) atoms. The van der Waals surface area contributed by atoms with Crippen molar-refractivity contribution in [2.24, 2.45) is 0 Å². The Bertz CT molecular complexity index is 791. The zero-order chi connectivity index (χ0) is 17.1. The lowest BCUT2D eigenvalue weighted by Crippen LogP contribution is -2.37. The van der Waals surface area contributed by atoms with Crippen LogP contribution in [0.5, 0.6) is 5.75 Å². The molecule has 3 rings (SSSR count). The first-order chi connectivity index (χ1) is 11.6. The summed E-state index contributed by atoms with van der Waals surface area (Å²) in [5, 5.41) is 10.9. The minimum absolute atomic E-state index is 0.0309. The molecule has 0 aliphatic carbocycles. The van der Waals surface area contributed by atoms with Crippen molar-refractivity contribution in [1.29, 1.82) is 0 Å². The van der Waals surface area contributed by atoms with Gasteiger partial charge in [0.1, 0.15) is 11.9 Å². The van der Waals surface area contributed by atoms with Crippen LogP contribution in [0.25, 0.3) is 0 Å². The molecule has 0 unspecified atom stereocenters.